The zero-order valence-corrected chi connectivity index (χ0v) is 52.4. The third-order valence-electron chi connectivity index (χ3n) is 13.4. The number of allylic oxidation sites excluding steroid dienone is 32. The van der Waals surface area contributed by atoms with Gasteiger partial charge in [-0.05, 0) is 141 Å². The van der Waals surface area contributed by atoms with Gasteiger partial charge >= 0.3 is 11.9 Å². The lowest BCUT2D eigenvalue weighted by Crippen LogP contribution is -2.28. The van der Waals surface area contributed by atoms with E-state index in [0.29, 0.717) is 12.8 Å². The third kappa shape index (κ3) is 67.2. The predicted molar refractivity (Wildman–Crippen MR) is 361 cm³/mol. The molecule has 1 N–H and O–H groups in total. The predicted octanol–water partition coefficient (Wildman–Crippen LogP) is 23.2. The molecule has 0 saturated heterocycles. The quantitative estimate of drug-likeness (QED) is 0.0373. The maximum absolute atomic E-state index is 12.4. The van der Waals surface area contributed by atoms with Gasteiger partial charge in [-0.15, -0.1) is 0 Å². The zero-order chi connectivity index (χ0) is 59.1. The lowest BCUT2D eigenvalue weighted by molar-refractivity contribution is -0.161. The van der Waals surface area contributed by atoms with Crippen LogP contribution in [0.2, 0.25) is 0 Å². The summed E-state index contributed by atoms with van der Waals surface area (Å²) < 4.78 is 10.7. The number of esters is 2. The lowest BCUT2D eigenvalue weighted by atomic mass is 10.0. The van der Waals surface area contributed by atoms with E-state index in [1.807, 2.05) is 0 Å². The molecule has 0 aliphatic rings. The topological polar surface area (TPSA) is 72.8 Å². The van der Waals surface area contributed by atoms with Crippen molar-refractivity contribution in [1.82, 2.24) is 0 Å². The second kappa shape index (κ2) is 70.0. The second-order valence-electron chi connectivity index (χ2n) is 21.1. The van der Waals surface area contributed by atoms with Gasteiger partial charge in [-0.2, -0.15) is 0 Å². The number of carbonyl (C=O) groups is 2. The van der Waals surface area contributed by atoms with E-state index in [4.69, 9.17) is 9.47 Å². The van der Waals surface area contributed by atoms with Crippen molar-refractivity contribution in [3.05, 3.63) is 194 Å². The van der Waals surface area contributed by atoms with E-state index in [9.17, 15) is 14.7 Å². The van der Waals surface area contributed by atoms with Crippen LogP contribution in [0.1, 0.15) is 258 Å². The molecule has 0 aromatic carbocycles. The summed E-state index contributed by atoms with van der Waals surface area (Å²) >= 11 is 0. The summed E-state index contributed by atoms with van der Waals surface area (Å²) in [7, 11) is 0. The Bertz CT molecular complexity index is 1900. The fourth-order valence-corrected chi connectivity index (χ4v) is 8.53. The maximum Gasteiger partial charge on any atom is 0.306 e. The van der Waals surface area contributed by atoms with Crippen molar-refractivity contribution in [3.8, 4) is 0 Å². The molecule has 82 heavy (non-hydrogen) atoms. The van der Waals surface area contributed by atoms with E-state index < -0.39 is 6.10 Å². The van der Waals surface area contributed by atoms with Crippen molar-refractivity contribution < 1.29 is 24.2 Å². The molecule has 1 atom stereocenters. The first-order valence-corrected chi connectivity index (χ1v) is 33.0. The number of hydrogen-bond acceptors (Lipinski definition) is 5. The van der Waals surface area contributed by atoms with E-state index in [1.165, 1.54) is 77.0 Å². The van der Waals surface area contributed by atoms with Gasteiger partial charge in [-0.1, -0.05) is 298 Å². The second-order valence-corrected chi connectivity index (χ2v) is 21.1. The molecule has 5 heteroatoms. The van der Waals surface area contributed by atoms with Gasteiger partial charge < -0.3 is 14.6 Å². The Hall–Kier alpha value is -5.26. The van der Waals surface area contributed by atoms with Gasteiger partial charge in [-0.25, -0.2) is 0 Å². The fraction of sp³-hybridized carbons (Fsp3) is 0.558. The van der Waals surface area contributed by atoms with E-state index in [-0.39, 0.29) is 25.2 Å². The highest BCUT2D eigenvalue weighted by Crippen LogP contribution is 2.15. The zero-order valence-electron chi connectivity index (χ0n) is 52.4. The van der Waals surface area contributed by atoms with E-state index in [1.54, 1.807) is 0 Å². The molecular formula is C77H120O5. The third-order valence-corrected chi connectivity index (χ3v) is 13.4. The van der Waals surface area contributed by atoms with Crippen molar-refractivity contribution in [2.75, 3.05) is 13.2 Å². The number of carbonyl (C=O) groups excluding carboxylic acids is 2. The molecule has 0 spiro atoms. The first-order valence-electron chi connectivity index (χ1n) is 33.0. The average molecular weight is 1130 g/mol. The van der Waals surface area contributed by atoms with Crippen molar-refractivity contribution in [2.24, 2.45) is 0 Å². The van der Waals surface area contributed by atoms with Crippen LogP contribution in [0.3, 0.4) is 0 Å². The summed E-state index contributed by atoms with van der Waals surface area (Å²) in [6.45, 7) is 3.89. The highest BCUT2D eigenvalue weighted by molar-refractivity contribution is 5.70. The van der Waals surface area contributed by atoms with Gasteiger partial charge in [0.25, 0.3) is 0 Å². The molecule has 0 aromatic rings. The van der Waals surface area contributed by atoms with E-state index >= 15 is 0 Å². The number of hydrogen-bond donors (Lipinski definition) is 1. The normalized spacial score (nSPS) is 13.5. The van der Waals surface area contributed by atoms with Crippen LogP contribution in [-0.4, -0.2) is 36.4 Å². The van der Waals surface area contributed by atoms with Crippen LogP contribution in [0.4, 0.5) is 0 Å². The minimum Gasteiger partial charge on any atom is -0.462 e. The molecule has 0 amide bonds. The first-order chi connectivity index (χ1) is 40.6. The molecule has 0 radical (unpaired) electrons. The summed E-state index contributed by atoms with van der Waals surface area (Å²) in [6, 6.07) is 0. The van der Waals surface area contributed by atoms with Crippen LogP contribution >= 0.6 is 0 Å². The Balaban J connectivity index is 3.62. The molecule has 0 aliphatic heterocycles. The SMILES string of the molecule is CC/C=C\C/C=C\C/C=C\C/C=C\C/C=C\C/C=C\C/C=C\C/C=C\C/C=C\C/C=C\CCCCCCCCC(=O)OC(CO)COC(=O)CCCCCCCCCCCCCC/C=C\C/C=C\C/C=C\C/C=C\C/C=C\C/C=C\CC. The standard InChI is InChI=1S/C77H120O5/c1-3-5-7-9-11-13-15-17-19-21-23-25-27-29-31-33-35-36-37-38-39-40-42-44-46-48-50-52-54-56-58-60-62-64-66-68-70-72-77(80)82-75(73-78)74-81-76(79)71-69-67-65-63-61-59-57-55-53-51-49-47-45-43-41-34-32-30-28-26-24-22-20-18-16-14-12-10-8-6-4-2/h5-8,11-14,17-20,23-26,29-32,35-36,38-39,41-44,48,50,54,56,75,78H,3-4,9-10,15-16,21-22,27-28,33-34,37,40,45-47,49,51-53,55,57-74H2,1-2H3/b7-5-,8-6-,13-11-,14-12-,19-17-,20-18-,25-23-,26-24-,31-29-,32-30-,36-35-,39-38-,43-41-,44-42-,50-48-,56-54-. The molecule has 0 aliphatic carbocycles. The van der Waals surface area contributed by atoms with Crippen molar-refractivity contribution in [3.63, 3.8) is 0 Å². The molecule has 0 rings (SSSR count). The van der Waals surface area contributed by atoms with Crippen LogP contribution in [0, 0.1) is 0 Å². The highest BCUT2D eigenvalue weighted by Gasteiger charge is 2.16. The summed E-state index contributed by atoms with van der Waals surface area (Å²) in [6.07, 6.45) is 111. The van der Waals surface area contributed by atoms with Gasteiger partial charge in [0.2, 0.25) is 0 Å². The molecule has 0 bridgehead atoms. The minimum atomic E-state index is -0.797. The van der Waals surface area contributed by atoms with Gasteiger partial charge in [-0.3, -0.25) is 9.59 Å². The van der Waals surface area contributed by atoms with Crippen molar-refractivity contribution >= 4 is 11.9 Å². The van der Waals surface area contributed by atoms with E-state index in [2.05, 4.69) is 208 Å². The van der Waals surface area contributed by atoms with Crippen LogP contribution in [-0.2, 0) is 19.1 Å². The largest absolute Gasteiger partial charge is 0.462 e. The van der Waals surface area contributed by atoms with Crippen molar-refractivity contribution in [1.29, 1.82) is 0 Å². The number of aliphatic hydroxyl groups excluding tert-OH is 1. The summed E-state index contributed by atoms with van der Waals surface area (Å²) in [4.78, 5) is 24.6. The van der Waals surface area contributed by atoms with Gasteiger partial charge in [0.15, 0.2) is 6.10 Å². The molecule has 458 valence electrons. The Morgan fingerprint density at radius 1 is 0.280 bits per heavy atom. The van der Waals surface area contributed by atoms with Gasteiger partial charge in [0.05, 0.1) is 6.61 Å². The Morgan fingerprint density at radius 2 is 0.488 bits per heavy atom. The number of unbranched alkanes of at least 4 members (excludes halogenated alkanes) is 18. The van der Waals surface area contributed by atoms with Crippen LogP contribution in [0.15, 0.2) is 194 Å². The van der Waals surface area contributed by atoms with Gasteiger partial charge in [0, 0.05) is 12.8 Å². The monoisotopic (exact) mass is 1120 g/mol. The van der Waals surface area contributed by atoms with Gasteiger partial charge in [0.1, 0.15) is 6.61 Å². The Kier molecular flexibility index (Phi) is 65.5. The molecular weight excluding hydrogens is 1000 g/mol. The Labute approximate surface area is 505 Å². The smallest absolute Gasteiger partial charge is 0.306 e. The maximum atomic E-state index is 12.4. The molecule has 5 nitrogen and oxygen atoms in total. The summed E-state index contributed by atoms with van der Waals surface area (Å²) in [5.41, 5.74) is 0. The molecule has 0 fully saturated rings. The summed E-state index contributed by atoms with van der Waals surface area (Å²) in [5.74, 6) is -0.621. The molecule has 1 unspecified atom stereocenters. The first kappa shape index (κ1) is 76.7. The highest BCUT2D eigenvalue weighted by atomic mass is 16.6. The van der Waals surface area contributed by atoms with Crippen LogP contribution in [0.5, 0.6) is 0 Å². The minimum absolute atomic E-state index is 0.0849. The number of rotatable bonds is 58. The van der Waals surface area contributed by atoms with Crippen LogP contribution < -0.4 is 0 Å². The van der Waals surface area contributed by atoms with Crippen molar-refractivity contribution in [2.45, 2.75) is 264 Å². The average Bonchev–Trinajstić information content (AvgIpc) is 3.49. The fourth-order valence-electron chi connectivity index (χ4n) is 8.53. The molecule has 0 aromatic heterocycles. The summed E-state index contributed by atoms with van der Waals surface area (Å²) in [5, 5.41) is 9.69. The van der Waals surface area contributed by atoms with Crippen LogP contribution in [0.25, 0.3) is 0 Å². The van der Waals surface area contributed by atoms with E-state index in [0.717, 1.165) is 154 Å². The molecule has 0 heterocycles. The lowest BCUT2D eigenvalue weighted by Gasteiger charge is -2.15. The number of aliphatic hydroxyl groups is 1. The number of ether oxygens (including phenoxy) is 2. The Morgan fingerprint density at radius 3 is 0.732 bits per heavy atom. The molecule has 0 saturated carbocycles.